The van der Waals surface area contributed by atoms with E-state index in [0.717, 1.165) is 0 Å². The lowest BCUT2D eigenvalue weighted by atomic mass is 10.3. The van der Waals surface area contributed by atoms with Gasteiger partial charge >= 0.3 is 0 Å². The van der Waals surface area contributed by atoms with Crippen molar-refractivity contribution >= 4 is 17.5 Å². The van der Waals surface area contributed by atoms with Crippen molar-refractivity contribution < 1.29 is 19.4 Å². The standard InChI is InChI=1S/C13H18ClNO4/c1-15(7-11(16)8-18-2)13(17)9-19-12-5-3-10(14)4-6-12/h3-6,11,16H,7-9H2,1-2H3. The summed E-state index contributed by atoms with van der Waals surface area (Å²) in [5, 5.41) is 10.1. The van der Waals surface area contributed by atoms with Crippen LogP contribution in [-0.2, 0) is 9.53 Å². The van der Waals surface area contributed by atoms with Crippen LogP contribution >= 0.6 is 11.6 Å². The third-order valence-corrected chi connectivity index (χ3v) is 2.70. The maximum Gasteiger partial charge on any atom is 0.260 e. The van der Waals surface area contributed by atoms with Crippen molar-refractivity contribution in [3.63, 3.8) is 0 Å². The third kappa shape index (κ3) is 5.92. The largest absolute Gasteiger partial charge is 0.484 e. The molecule has 1 N–H and O–H groups in total. The predicted molar refractivity (Wildman–Crippen MR) is 72.5 cm³/mol. The van der Waals surface area contributed by atoms with E-state index in [2.05, 4.69) is 0 Å². The van der Waals surface area contributed by atoms with Crippen LogP contribution in [0.15, 0.2) is 24.3 Å². The summed E-state index contributed by atoms with van der Waals surface area (Å²) in [5.74, 6) is 0.355. The molecule has 0 aliphatic carbocycles. The van der Waals surface area contributed by atoms with Crippen LogP contribution in [0.25, 0.3) is 0 Å². The van der Waals surface area contributed by atoms with Crippen molar-refractivity contribution in [3.8, 4) is 5.75 Å². The molecule has 0 saturated heterocycles. The lowest BCUT2D eigenvalue weighted by Crippen LogP contribution is -2.38. The molecule has 0 bridgehead atoms. The number of aliphatic hydroxyl groups is 1. The fraction of sp³-hybridized carbons (Fsp3) is 0.462. The molecule has 0 heterocycles. The molecule has 0 aliphatic rings. The van der Waals surface area contributed by atoms with Crippen molar-refractivity contribution in [2.75, 3.05) is 33.9 Å². The van der Waals surface area contributed by atoms with Gasteiger partial charge in [0.25, 0.3) is 5.91 Å². The molecule has 0 radical (unpaired) electrons. The Balaban J connectivity index is 2.36. The Hall–Kier alpha value is -1.30. The van der Waals surface area contributed by atoms with Gasteiger partial charge in [-0.15, -0.1) is 0 Å². The molecule has 0 aliphatic heterocycles. The van der Waals surface area contributed by atoms with E-state index in [0.29, 0.717) is 10.8 Å². The summed E-state index contributed by atoms with van der Waals surface area (Å²) < 4.78 is 10.1. The Kier molecular flexibility index (Phi) is 6.62. The first-order valence-electron chi connectivity index (χ1n) is 5.82. The smallest absolute Gasteiger partial charge is 0.260 e. The highest BCUT2D eigenvalue weighted by Gasteiger charge is 2.14. The molecule has 0 saturated carbocycles. The Morgan fingerprint density at radius 3 is 2.63 bits per heavy atom. The minimum absolute atomic E-state index is 0.0855. The van der Waals surface area contributed by atoms with E-state index in [9.17, 15) is 9.90 Å². The van der Waals surface area contributed by atoms with Crippen LogP contribution in [-0.4, -0.2) is 55.9 Å². The fourth-order valence-electron chi connectivity index (χ4n) is 1.45. The Labute approximate surface area is 117 Å². The number of likely N-dealkylation sites (N-methyl/N-ethyl adjacent to an activating group) is 1. The number of carbonyl (C=O) groups excluding carboxylic acids is 1. The highest BCUT2D eigenvalue weighted by molar-refractivity contribution is 6.30. The van der Waals surface area contributed by atoms with Crippen LogP contribution in [0.1, 0.15) is 0 Å². The minimum atomic E-state index is -0.700. The molecule has 0 spiro atoms. The van der Waals surface area contributed by atoms with Gasteiger partial charge in [0, 0.05) is 25.7 Å². The normalized spacial score (nSPS) is 12.0. The molecular formula is C13H18ClNO4. The number of amides is 1. The van der Waals surface area contributed by atoms with E-state index in [4.69, 9.17) is 21.1 Å². The maximum absolute atomic E-state index is 11.7. The third-order valence-electron chi connectivity index (χ3n) is 2.45. The van der Waals surface area contributed by atoms with Gasteiger partial charge < -0.3 is 19.5 Å². The molecule has 6 heteroatoms. The predicted octanol–water partition coefficient (Wildman–Crippen LogP) is 1.18. The topological polar surface area (TPSA) is 59.0 Å². The zero-order valence-electron chi connectivity index (χ0n) is 11.0. The number of aliphatic hydroxyl groups excluding tert-OH is 1. The van der Waals surface area contributed by atoms with Crippen molar-refractivity contribution in [1.29, 1.82) is 0 Å². The van der Waals surface area contributed by atoms with E-state index in [-0.39, 0.29) is 25.7 Å². The molecule has 1 atom stereocenters. The SMILES string of the molecule is COCC(O)CN(C)C(=O)COc1ccc(Cl)cc1. The van der Waals surface area contributed by atoms with Gasteiger partial charge in [-0.3, -0.25) is 4.79 Å². The number of ether oxygens (including phenoxy) is 2. The molecule has 1 rings (SSSR count). The number of hydrogen-bond donors (Lipinski definition) is 1. The quantitative estimate of drug-likeness (QED) is 0.818. The number of carbonyl (C=O) groups is 1. The number of benzene rings is 1. The van der Waals surface area contributed by atoms with Crippen LogP contribution in [0, 0.1) is 0 Å². The average molecular weight is 288 g/mol. The summed E-state index contributed by atoms with van der Waals surface area (Å²) in [6.07, 6.45) is -0.700. The summed E-state index contributed by atoms with van der Waals surface area (Å²) in [4.78, 5) is 13.1. The summed E-state index contributed by atoms with van der Waals surface area (Å²) in [6.45, 7) is 0.310. The van der Waals surface area contributed by atoms with Crippen LogP contribution < -0.4 is 4.74 Å². The van der Waals surface area contributed by atoms with Crippen molar-refractivity contribution in [1.82, 2.24) is 4.90 Å². The molecule has 1 aromatic rings. The van der Waals surface area contributed by atoms with E-state index >= 15 is 0 Å². The molecule has 1 unspecified atom stereocenters. The Morgan fingerprint density at radius 1 is 1.42 bits per heavy atom. The Morgan fingerprint density at radius 2 is 2.05 bits per heavy atom. The first-order chi connectivity index (χ1) is 9.02. The van der Waals surface area contributed by atoms with Gasteiger partial charge in [0.2, 0.25) is 0 Å². The van der Waals surface area contributed by atoms with Crippen LogP contribution in [0.5, 0.6) is 5.75 Å². The summed E-state index contributed by atoms with van der Waals surface area (Å²) in [6, 6.07) is 6.76. The molecular weight excluding hydrogens is 270 g/mol. The van der Waals surface area contributed by atoms with Gasteiger partial charge in [-0.1, -0.05) is 11.6 Å². The lowest BCUT2D eigenvalue weighted by Gasteiger charge is -2.20. The van der Waals surface area contributed by atoms with Gasteiger partial charge in [0.15, 0.2) is 6.61 Å². The van der Waals surface area contributed by atoms with Crippen molar-refractivity contribution in [2.45, 2.75) is 6.10 Å². The second-order valence-corrected chi connectivity index (χ2v) is 4.56. The van der Waals surface area contributed by atoms with E-state index in [1.165, 1.54) is 12.0 Å². The van der Waals surface area contributed by atoms with Gasteiger partial charge in [0.05, 0.1) is 12.7 Å². The van der Waals surface area contributed by atoms with Gasteiger partial charge in [-0.2, -0.15) is 0 Å². The summed E-state index contributed by atoms with van der Waals surface area (Å²) >= 11 is 5.74. The zero-order valence-corrected chi connectivity index (χ0v) is 11.8. The highest BCUT2D eigenvalue weighted by Crippen LogP contribution is 2.15. The average Bonchev–Trinajstić information content (AvgIpc) is 2.37. The van der Waals surface area contributed by atoms with Gasteiger partial charge in [-0.05, 0) is 24.3 Å². The zero-order chi connectivity index (χ0) is 14.3. The number of hydrogen-bond acceptors (Lipinski definition) is 4. The second kappa shape index (κ2) is 7.99. The number of rotatable bonds is 7. The van der Waals surface area contributed by atoms with Crippen molar-refractivity contribution in [3.05, 3.63) is 29.3 Å². The molecule has 0 aromatic heterocycles. The maximum atomic E-state index is 11.7. The molecule has 1 amide bonds. The second-order valence-electron chi connectivity index (χ2n) is 4.13. The first kappa shape index (κ1) is 15.8. The number of nitrogens with zero attached hydrogens (tertiary/aromatic N) is 1. The number of methoxy groups -OCH3 is 1. The van der Waals surface area contributed by atoms with Crippen LogP contribution in [0.4, 0.5) is 0 Å². The Bertz CT molecular complexity index is 396. The minimum Gasteiger partial charge on any atom is -0.484 e. The molecule has 5 nitrogen and oxygen atoms in total. The monoisotopic (exact) mass is 287 g/mol. The van der Waals surface area contributed by atoms with Gasteiger partial charge in [-0.25, -0.2) is 0 Å². The summed E-state index contributed by atoms with van der Waals surface area (Å²) in [7, 11) is 3.10. The van der Waals surface area contributed by atoms with E-state index in [1.807, 2.05) is 0 Å². The molecule has 1 aromatic carbocycles. The summed E-state index contributed by atoms with van der Waals surface area (Å²) in [5.41, 5.74) is 0. The van der Waals surface area contributed by atoms with Crippen LogP contribution in [0.3, 0.4) is 0 Å². The molecule has 0 fully saturated rings. The number of halogens is 1. The van der Waals surface area contributed by atoms with E-state index in [1.54, 1.807) is 31.3 Å². The first-order valence-corrected chi connectivity index (χ1v) is 6.20. The van der Waals surface area contributed by atoms with Crippen LogP contribution in [0.2, 0.25) is 5.02 Å². The molecule has 106 valence electrons. The fourth-order valence-corrected chi connectivity index (χ4v) is 1.58. The van der Waals surface area contributed by atoms with Crippen molar-refractivity contribution in [2.24, 2.45) is 0 Å². The molecule has 19 heavy (non-hydrogen) atoms. The van der Waals surface area contributed by atoms with Gasteiger partial charge in [0.1, 0.15) is 5.75 Å². The lowest BCUT2D eigenvalue weighted by molar-refractivity contribution is -0.133. The highest BCUT2D eigenvalue weighted by atomic mass is 35.5. The van der Waals surface area contributed by atoms with E-state index < -0.39 is 6.10 Å².